The minimum atomic E-state index is -0.236. The number of carbonyl (C=O) groups excluding carboxylic acids is 2. The van der Waals surface area contributed by atoms with Gasteiger partial charge in [0, 0.05) is 27.1 Å². The molecule has 1 fully saturated rings. The van der Waals surface area contributed by atoms with Crippen LogP contribution in [0.25, 0.3) is 0 Å². The molecule has 0 saturated carbocycles. The van der Waals surface area contributed by atoms with Crippen molar-refractivity contribution in [2.45, 2.75) is 46.1 Å². The maximum absolute atomic E-state index is 12.2. The van der Waals surface area contributed by atoms with Crippen LogP contribution in [-0.2, 0) is 9.59 Å². The van der Waals surface area contributed by atoms with E-state index in [2.05, 4.69) is 0 Å². The molecule has 2 amide bonds. The molecule has 4 heteroatoms. The summed E-state index contributed by atoms with van der Waals surface area (Å²) in [7, 11) is 3.49. The summed E-state index contributed by atoms with van der Waals surface area (Å²) in [5.74, 6) is 0.153. The fourth-order valence-corrected chi connectivity index (χ4v) is 2.18. The van der Waals surface area contributed by atoms with Crippen molar-refractivity contribution in [3.63, 3.8) is 0 Å². The van der Waals surface area contributed by atoms with Crippen molar-refractivity contribution < 1.29 is 9.59 Å². The van der Waals surface area contributed by atoms with E-state index in [1.165, 1.54) is 0 Å². The van der Waals surface area contributed by atoms with E-state index in [1.807, 2.05) is 20.8 Å². The second-order valence-corrected chi connectivity index (χ2v) is 6.22. The Balaban J connectivity index is 2.70. The van der Waals surface area contributed by atoms with E-state index in [4.69, 9.17) is 0 Å². The molecule has 1 aliphatic heterocycles. The van der Waals surface area contributed by atoms with Gasteiger partial charge in [0.1, 0.15) is 6.04 Å². The molecule has 1 unspecified atom stereocenters. The molecule has 98 valence electrons. The van der Waals surface area contributed by atoms with E-state index in [1.54, 1.807) is 23.9 Å². The van der Waals surface area contributed by atoms with Gasteiger partial charge in [-0.3, -0.25) is 9.59 Å². The molecule has 1 heterocycles. The summed E-state index contributed by atoms with van der Waals surface area (Å²) in [6.45, 7) is 6.86. The third kappa shape index (κ3) is 3.72. The summed E-state index contributed by atoms with van der Waals surface area (Å²) in [6.07, 6.45) is 2.23. The molecular formula is C13H24N2O2. The average molecular weight is 240 g/mol. The van der Waals surface area contributed by atoms with Crippen LogP contribution in [0.1, 0.15) is 40.0 Å². The van der Waals surface area contributed by atoms with Crippen LogP contribution in [0, 0.1) is 5.41 Å². The van der Waals surface area contributed by atoms with E-state index in [-0.39, 0.29) is 23.3 Å². The van der Waals surface area contributed by atoms with Gasteiger partial charge in [-0.2, -0.15) is 0 Å². The summed E-state index contributed by atoms with van der Waals surface area (Å²) in [5, 5.41) is 0. The quantitative estimate of drug-likeness (QED) is 0.734. The molecule has 0 bridgehead atoms. The van der Waals surface area contributed by atoms with Gasteiger partial charge < -0.3 is 9.80 Å². The van der Waals surface area contributed by atoms with Crippen molar-refractivity contribution in [3.8, 4) is 0 Å². The Morgan fingerprint density at radius 3 is 2.35 bits per heavy atom. The number of rotatable bonds is 2. The molecule has 0 aromatic heterocycles. The number of amides is 2. The van der Waals surface area contributed by atoms with Crippen molar-refractivity contribution in [3.05, 3.63) is 0 Å². The zero-order chi connectivity index (χ0) is 13.2. The van der Waals surface area contributed by atoms with Crippen LogP contribution in [0.15, 0.2) is 0 Å². The number of hydrogen-bond acceptors (Lipinski definition) is 2. The molecule has 1 aliphatic rings. The van der Waals surface area contributed by atoms with Crippen LogP contribution in [0.5, 0.6) is 0 Å². The van der Waals surface area contributed by atoms with E-state index >= 15 is 0 Å². The Hall–Kier alpha value is -1.06. The van der Waals surface area contributed by atoms with Crippen LogP contribution in [0.4, 0.5) is 0 Å². The zero-order valence-corrected chi connectivity index (χ0v) is 11.6. The molecule has 0 aromatic carbocycles. The molecule has 17 heavy (non-hydrogen) atoms. The summed E-state index contributed by atoms with van der Waals surface area (Å²) >= 11 is 0. The lowest BCUT2D eigenvalue weighted by molar-refractivity contribution is -0.143. The maximum atomic E-state index is 12.2. The van der Waals surface area contributed by atoms with E-state index in [9.17, 15) is 9.59 Å². The van der Waals surface area contributed by atoms with Gasteiger partial charge in [0.25, 0.3) is 0 Å². The van der Waals surface area contributed by atoms with Crippen LogP contribution in [0.3, 0.4) is 0 Å². The Bertz CT molecular complexity index is 305. The molecule has 0 aromatic rings. The first-order chi connectivity index (χ1) is 7.72. The highest BCUT2D eigenvalue weighted by Gasteiger charge is 2.35. The van der Waals surface area contributed by atoms with E-state index in [0.29, 0.717) is 6.42 Å². The van der Waals surface area contributed by atoms with Crippen molar-refractivity contribution >= 4 is 11.8 Å². The SMILES string of the molecule is CN(C)C(=O)C1CCCN1C(=O)CC(C)(C)C. The normalized spacial score (nSPS) is 20.5. The third-order valence-electron chi connectivity index (χ3n) is 2.98. The number of likely N-dealkylation sites (tertiary alicyclic amines) is 1. The highest BCUT2D eigenvalue weighted by atomic mass is 16.2. The highest BCUT2D eigenvalue weighted by molar-refractivity contribution is 5.88. The van der Waals surface area contributed by atoms with Gasteiger partial charge in [-0.05, 0) is 18.3 Å². The number of hydrogen-bond donors (Lipinski definition) is 0. The number of carbonyl (C=O) groups is 2. The first kappa shape index (κ1) is 14.0. The fraction of sp³-hybridized carbons (Fsp3) is 0.846. The summed E-state index contributed by atoms with van der Waals surface area (Å²) in [5.41, 5.74) is -0.0224. The van der Waals surface area contributed by atoms with Crippen LogP contribution in [-0.4, -0.2) is 48.3 Å². The molecule has 0 radical (unpaired) electrons. The largest absolute Gasteiger partial charge is 0.347 e. The molecule has 1 saturated heterocycles. The molecule has 0 aliphatic carbocycles. The van der Waals surface area contributed by atoms with E-state index < -0.39 is 0 Å². The van der Waals surface area contributed by atoms with Crippen molar-refractivity contribution in [2.75, 3.05) is 20.6 Å². The lowest BCUT2D eigenvalue weighted by atomic mass is 9.91. The molecule has 4 nitrogen and oxygen atoms in total. The average Bonchev–Trinajstić information content (AvgIpc) is 2.61. The summed E-state index contributed by atoms with van der Waals surface area (Å²) < 4.78 is 0. The number of likely N-dealkylation sites (N-methyl/N-ethyl adjacent to an activating group) is 1. The number of nitrogens with zero attached hydrogens (tertiary/aromatic N) is 2. The van der Waals surface area contributed by atoms with Gasteiger partial charge in [-0.15, -0.1) is 0 Å². The first-order valence-corrected chi connectivity index (χ1v) is 6.23. The predicted octanol–water partition coefficient (Wildman–Crippen LogP) is 1.50. The zero-order valence-electron chi connectivity index (χ0n) is 11.6. The fourth-order valence-electron chi connectivity index (χ4n) is 2.18. The summed E-state index contributed by atoms with van der Waals surface area (Å²) in [4.78, 5) is 27.4. The second-order valence-electron chi connectivity index (χ2n) is 6.22. The van der Waals surface area contributed by atoms with Crippen LogP contribution < -0.4 is 0 Å². The molecular weight excluding hydrogens is 216 g/mol. The molecule has 0 N–H and O–H groups in total. The van der Waals surface area contributed by atoms with Crippen molar-refractivity contribution in [2.24, 2.45) is 5.41 Å². The Morgan fingerprint density at radius 2 is 1.88 bits per heavy atom. The monoisotopic (exact) mass is 240 g/mol. The Labute approximate surface area is 104 Å². The minimum absolute atomic E-state index is 0.0224. The van der Waals surface area contributed by atoms with Crippen molar-refractivity contribution in [1.29, 1.82) is 0 Å². The predicted molar refractivity (Wildman–Crippen MR) is 67.5 cm³/mol. The maximum Gasteiger partial charge on any atom is 0.244 e. The second kappa shape index (κ2) is 5.07. The summed E-state index contributed by atoms with van der Waals surface area (Å²) in [6, 6.07) is -0.236. The topological polar surface area (TPSA) is 40.6 Å². The van der Waals surface area contributed by atoms with Crippen LogP contribution >= 0.6 is 0 Å². The van der Waals surface area contributed by atoms with Gasteiger partial charge in [0.15, 0.2) is 0 Å². The molecule has 1 rings (SSSR count). The first-order valence-electron chi connectivity index (χ1n) is 6.23. The van der Waals surface area contributed by atoms with Gasteiger partial charge >= 0.3 is 0 Å². The molecule has 0 spiro atoms. The standard InChI is InChI=1S/C13H24N2O2/c1-13(2,3)9-11(16)15-8-6-7-10(15)12(17)14(4)5/h10H,6-9H2,1-5H3. The Morgan fingerprint density at radius 1 is 1.29 bits per heavy atom. The van der Waals surface area contributed by atoms with Gasteiger partial charge in [-0.25, -0.2) is 0 Å². The third-order valence-corrected chi connectivity index (χ3v) is 2.98. The molecule has 1 atom stereocenters. The highest BCUT2D eigenvalue weighted by Crippen LogP contribution is 2.25. The lowest BCUT2D eigenvalue weighted by Crippen LogP contribution is -2.46. The van der Waals surface area contributed by atoms with Gasteiger partial charge in [0.05, 0.1) is 0 Å². The smallest absolute Gasteiger partial charge is 0.244 e. The van der Waals surface area contributed by atoms with Crippen LogP contribution in [0.2, 0.25) is 0 Å². The van der Waals surface area contributed by atoms with Gasteiger partial charge in [-0.1, -0.05) is 20.8 Å². The van der Waals surface area contributed by atoms with E-state index in [0.717, 1.165) is 19.4 Å². The van der Waals surface area contributed by atoms with Crippen molar-refractivity contribution in [1.82, 2.24) is 9.80 Å². The minimum Gasteiger partial charge on any atom is -0.347 e. The Kier molecular flexibility index (Phi) is 4.17. The lowest BCUT2D eigenvalue weighted by Gasteiger charge is -2.29. The van der Waals surface area contributed by atoms with Gasteiger partial charge in [0.2, 0.25) is 11.8 Å².